The second-order valence-corrected chi connectivity index (χ2v) is 8.75. The largest absolute Gasteiger partial charge is 0.339 e. The predicted molar refractivity (Wildman–Crippen MR) is 129 cm³/mol. The Morgan fingerprint density at radius 2 is 1.88 bits per heavy atom. The summed E-state index contributed by atoms with van der Waals surface area (Å²) in [5, 5.41) is 5.02. The highest BCUT2D eigenvalue weighted by molar-refractivity contribution is 7.99. The van der Waals surface area contributed by atoms with E-state index in [0.29, 0.717) is 51.2 Å². The smallest absolute Gasteiger partial charge is 0.266 e. The maximum atomic E-state index is 14.3. The van der Waals surface area contributed by atoms with Gasteiger partial charge in [-0.05, 0) is 55.3 Å². The third-order valence-corrected chi connectivity index (χ3v) is 6.36. The Balaban J connectivity index is 1.36. The second-order valence-electron chi connectivity index (χ2n) is 7.69. The lowest BCUT2D eigenvalue weighted by Gasteiger charge is -2.13. The van der Waals surface area contributed by atoms with Crippen LogP contribution < -0.4 is 5.56 Å². The molecule has 5 rings (SSSR count). The van der Waals surface area contributed by atoms with E-state index < -0.39 is 0 Å². The number of benzene rings is 2. The molecule has 0 atom stereocenters. The second kappa shape index (κ2) is 9.56. The van der Waals surface area contributed by atoms with Gasteiger partial charge in [0.15, 0.2) is 5.16 Å². The number of fused-ring (bicyclic) bond motifs is 1. The fourth-order valence-corrected chi connectivity index (χ4v) is 4.47. The first-order valence-electron chi connectivity index (χ1n) is 10.7. The molecule has 0 spiro atoms. The molecular formula is C25H20FN5O2S. The first-order valence-corrected chi connectivity index (χ1v) is 11.7. The van der Waals surface area contributed by atoms with Gasteiger partial charge in [0.1, 0.15) is 5.82 Å². The molecule has 0 radical (unpaired) electrons. The Hall–Kier alpha value is -3.85. The summed E-state index contributed by atoms with van der Waals surface area (Å²) in [6, 6.07) is 15.6. The number of nitrogens with zero attached hydrogens (tertiary/aromatic N) is 5. The van der Waals surface area contributed by atoms with Crippen molar-refractivity contribution in [2.75, 3.05) is 5.75 Å². The van der Waals surface area contributed by atoms with Gasteiger partial charge in [-0.2, -0.15) is 4.98 Å². The third-order valence-electron chi connectivity index (χ3n) is 5.33. The summed E-state index contributed by atoms with van der Waals surface area (Å²) in [5.41, 5.74) is 2.19. The minimum Gasteiger partial charge on any atom is -0.339 e. The summed E-state index contributed by atoms with van der Waals surface area (Å²) in [6.07, 6.45) is 4.67. The van der Waals surface area contributed by atoms with E-state index in [2.05, 4.69) is 15.1 Å². The van der Waals surface area contributed by atoms with E-state index in [1.807, 2.05) is 18.2 Å². The molecular weight excluding hydrogens is 453 g/mol. The monoisotopic (exact) mass is 473 g/mol. The Morgan fingerprint density at radius 3 is 2.71 bits per heavy atom. The fourth-order valence-electron chi connectivity index (χ4n) is 3.52. The molecule has 3 heterocycles. The van der Waals surface area contributed by atoms with Crippen LogP contribution >= 0.6 is 11.8 Å². The molecule has 2 aromatic carbocycles. The Kier molecular flexibility index (Phi) is 6.18. The Morgan fingerprint density at radius 1 is 1.06 bits per heavy atom. The summed E-state index contributed by atoms with van der Waals surface area (Å²) in [5.74, 6) is 1.36. The van der Waals surface area contributed by atoms with Crippen LogP contribution in [0.4, 0.5) is 4.39 Å². The zero-order valence-corrected chi connectivity index (χ0v) is 19.1. The molecule has 34 heavy (non-hydrogen) atoms. The maximum Gasteiger partial charge on any atom is 0.266 e. The molecule has 0 saturated carbocycles. The first kappa shape index (κ1) is 22.0. The number of pyridine rings is 1. The lowest BCUT2D eigenvalue weighted by Crippen LogP contribution is -2.22. The van der Waals surface area contributed by atoms with Gasteiger partial charge in [-0.15, -0.1) is 0 Å². The number of para-hydroxylation sites is 1. The maximum absolute atomic E-state index is 14.3. The van der Waals surface area contributed by atoms with Crippen molar-refractivity contribution in [3.63, 3.8) is 0 Å². The van der Waals surface area contributed by atoms with Crippen LogP contribution in [0.15, 0.2) is 81.5 Å². The average molecular weight is 474 g/mol. The lowest BCUT2D eigenvalue weighted by molar-refractivity contribution is 0.378. The summed E-state index contributed by atoms with van der Waals surface area (Å²) in [6.45, 7) is 1.69. The van der Waals surface area contributed by atoms with E-state index in [1.54, 1.807) is 49.6 Å². The Labute approximate surface area is 198 Å². The van der Waals surface area contributed by atoms with Gasteiger partial charge in [-0.1, -0.05) is 35.1 Å². The highest BCUT2D eigenvalue weighted by Crippen LogP contribution is 2.24. The molecule has 3 aromatic heterocycles. The van der Waals surface area contributed by atoms with E-state index >= 15 is 0 Å². The van der Waals surface area contributed by atoms with E-state index in [1.165, 1.54) is 22.4 Å². The van der Waals surface area contributed by atoms with Crippen molar-refractivity contribution in [2.45, 2.75) is 24.9 Å². The normalized spacial score (nSPS) is 11.2. The van der Waals surface area contributed by atoms with Crippen LogP contribution in [0.2, 0.25) is 0 Å². The number of hydrogen-bond acceptors (Lipinski definition) is 7. The molecule has 0 aliphatic rings. The van der Waals surface area contributed by atoms with E-state index in [4.69, 9.17) is 9.51 Å². The molecule has 0 bridgehead atoms. The first-order chi connectivity index (χ1) is 16.6. The van der Waals surface area contributed by atoms with Gasteiger partial charge in [0.25, 0.3) is 5.56 Å². The SMILES string of the molecule is Cc1ccc(-n2c(SCCCc3nc(-c4ccncc4)no3)nc3ccccc3c2=O)cc1F. The van der Waals surface area contributed by atoms with Gasteiger partial charge in [0.05, 0.1) is 16.6 Å². The van der Waals surface area contributed by atoms with Gasteiger partial charge in [-0.25, -0.2) is 9.37 Å². The highest BCUT2D eigenvalue weighted by Gasteiger charge is 2.15. The number of aromatic nitrogens is 5. The molecule has 0 unspecified atom stereocenters. The standard InChI is InChI=1S/C25H20FN5O2S/c1-16-8-9-18(15-20(16)26)31-24(32)19-5-2-3-6-21(19)28-25(31)34-14-4-7-22-29-23(30-33-22)17-10-12-27-13-11-17/h2-3,5-6,8-13,15H,4,7,14H2,1H3. The number of rotatable bonds is 7. The molecule has 0 aliphatic heterocycles. The molecule has 0 N–H and O–H groups in total. The van der Waals surface area contributed by atoms with Gasteiger partial charge in [-0.3, -0.25) is 14.3 Å². The van der Waals surface area contributed by atoms with Gasteiger partial charge in [0, 0.05) is 30.1 Å². The van der Waals surface area contributed by atoms with Gasteiger partial charge in [0.2, 0.25) is 11.7 Å². The molecule has 0 saturated heterocycles. The summed E-state index contributed by atoms with van der Waals surface area (Å²) >= 11 is 1.43. The van der Waals surface area contributed by atoms with Crippen molar-refractivity contribution in [1.29, 1.82) is 0 Å². The fraction of sp³-hybridized carbons (Fsp3) is 0.160. The number of aryl methyl sites for hydroxylation is 2. The van der Waals surface area contributed by atoms with Crippen molar-refractivity contribution >= 4 is 22.7 Å². The molecule has 0 amide bonds. The summed E-state index contributed by atoms with van der Waals surface area (Å²) in [7, 11) is 0. The zero-order valence-electron chi connectivity index (χ0n) is 18.3. The minimum absolute atomic E-state index is 0.227. The van der Waals surface area contributed by atoms with Crippen molar-refractivity contribution < 1.29 is 8.91 Å². The topological polar surface area (TPSA) is 86.7 Å². The van der Waals surface area contributed by atoms with Crippen LogP contribution in [0.25, 0.3) is 28.0 Å². The van der Waals surface area contributed by atoms with Crippen LogP contribution in [-0.4, -0.2) is 30.4 Å². The van der Waals surface area contributed by atoms with Gasteiger partial charge >= 0.3 is 0 Å². The highest BCUT2D eigenvalue weighted by atomic mass is 32.2. The lowest BCUT2D eigenvalue weighted by atomic mass is 10.2. The van der Waals surface area contributed by atoms with E-state index in [0.717, 1.165) is 12.0 Å². The van der Waals surface area contributed by atoms with Crippen molar-refractivity contribution in [1.82, 2.24) is 24.7 Å². The predicted octanol–water partition coefficient (Wildman–Crippen LogP) is 5.00. The number of hydrogen-bond donors (Lipinski definition) is 0. The molecule has 9 heteroatoms. The third kappa shape index (κ3) is 4.47. The Bertz CT molecular complexity index is 1520. The van der Waals surface area contributed by atoms with Crippen LogP contribution in [-0.2, 0) is 6.42 Å². The average Bonchev–Trinajstić information content (AvgIpc) is 3.33. The molecule has 0 aliphatic carbocycles. The van der Waals surface area contributed by atoms with Crippen LogP contribution in [0, 0.1) is 12.7 Å². The van der Waals surface area contributed by atoms with Crippen molar-refractivity contribution in [3.8, 4) is 17.1 Å². The van der Waals surface area contributed by atoms with Crippen molar-refractivity contribution in [2.24, 2.45) is 0 Å². The van der Waals surface area contributed by atoms with E-state index in [-0.39, 0.29) is 11.4 Å². The molecule has 5 aromatic rings. The quantitative estimate of drug-likeness (QED) is 0.187. The molecule has 0 fully saturated rings. The zero-order chi connectivity index (χ0) is 23.5. The summed E-state index contributed by atoms with van der Waals surface area (Å²) < 4.78 is 21.1. The van der Waals surface area contributed by atoms with Crippen LogP contribution in [0.3, 0.4) is 0 Å². The minimum atomic E-state index is -0.366. The van der Waals surface area contributed by atoms with E-state index in [9.17, 15) is 9.18 Å². The van der Waals surface area contributed by atoms with Crippen LogP contribution in [0.5, 0.6) is 0 Å². The number of thioether (sulfide) groups is 1. The summed E-state index contributed by atoms with van der Waals surface area (Å²) in [4.78, 5) is 26.4. The molecule has 170 valence electrons. The van der Waals surface area contributed by atoms with Crippen molar-refractivity contribution in [3.05, 3.63) is 94.6 Å². The molecule has 7 nitrogen and oxygen atoms in total. The van der Waals surface area contributed by atoms with Gasteiger partial charge < -0.3 is 4.52 Å². The van der Waals surface area contributed by atoms with Crippen LogP contribution in [0.1, 0.15) is 17.9 Å². The number of halogens is 1.